The number of benzene rings is 2. The minimum absolute atomic E-state index is 0.162. The first-order valence-electron chi connectivity index (χ1n) is 8.64. The molecule has 0 saturated carbocycles. The Morgan fingerprint density at radius 1 is 0.963 bits per heavy atom. The number of anilines is 1. The number of imide groups is 1. The van der Waals surface area contributed by atoms with Crippen molar-refractivity contribution in [2.45, 2.75) is 32.8 Å². The number of hydrogen-bond acceptors (Lipinski definition) is 5. The normalized spacial score (nSPS) is 15.0. The molecule has 6 nitrogen and oxygen atoms in total. The van der Waals surface area contributed by atoms with Crippen molar-refractivity contribution in [3.05, 3.63) is 65.2 Å². The van der Waals surface area contributed by atoms with Crippen LogP contribution < -0.4 is 4.90 Å². The lowest BCUT2D eigenvalue weighted by Gasteiger charge is -2.16. The van der Waals surface area contributed by atoms with Crippen LogP contribution in [0.25, 0.3) is 0 Å². The van der Waals surface area contributed by atoms with Crippen LogP contribution in [0.2, 0.25) is 0 Å². The molecule has 2 aromatic rings. The molecule has 6 heteroatoms. The molecule has 1 aliphatic heterocycles. The molecule has 27 heavy (non-hydrogen) atoms. The largest absolute Gasteiger partial charge is 0.451 e. The molecule has 138 valence electrons. The van der Waals surface area contributed by atoms with Crippen molar-refractivity contribution in [2.24, 2.45) is 0 Å². The highest BCUT2D eigenvalue weighted by Crippen LogP contribution is 2.24. The monoisotopic (exact) mass is 365 g/mol. The Kier molecular flexibility index (Phi) is 5.16. The van der Waals surface area contributed by atoms with E-state index in [0.29, 0.717) is 11.3 Å². The van der Waals surface area contributed by atoms with Crippen LogP contribution in [0, 0.1) is 6.92 Å². The number of amides is 2. The van der Waals surface area contributed by atoms with Crippen LogP contribution in [0.4, 0.5) is 5.69 Å². The second-order valence-electron chi connectivity index (χ2n) is 6.45. The van der Waals surface area contributed by atoms with Gasteiger partial charge in [-0.15, -0.1) is 0 Å². The molecule has 1 aliphatic rings. The van der Waals surface area contributed by atoms with Gasteiger partial charge in [0.15, 0.2) is 6.10 Å². The van der Waals surface area contributed by atoms with Crippen LogP contribution in [0.5, 0.6) is 0 Å². The number of hydrogen-bond donors (Lipinski definition) is 0. The summed E-state index contributed by atoms with van der Waals surface area (Å²) in [5.41, 5.74) is 1.99. The summed E-state index contributed by atoms with van der Waals surface area (Å²) >= 11 is 0. The number of rotatable bonds is 5. The van der Waals surface area contributed by atoms with Gasteiger partial charge in [-0.05, 0) is 32.0 Å². The van der Waals surface area contributed by atoms with Crippen LogP contribution in [0.3, 0.4) is 0 Å². The Labute approximate surface area is 156 Å². The van der Waals surface area contributed by atoms with Gasteiger partial charge in [0, 0.05) is 18.4 Å². The van der Waals surface area contributed by atoms with E-state index in [1.807, 2.05) is 19.1 Å². The molecule has 0 aliphatic carbocycles. The highest BCUT2D eigenvalue weighted by atomic mass is 16.5. The Balaban J connectivity index is 1.73. The zero-order chi connectivity index (χ0) is 19.6. The Morgan fingerprint density at radius 3 is 2.22 bits per heavy atom. The van der Waals surface area contributed by atoms with Crippen molar-refractivity contribution in [3.63, 3.8) is 0 Å². The molecule has 0 radical (unpaired) electrons. The minimum Gasteiger partial charge on any atom is -0.451 e. The van der Waals surface area contributed by atoms with Gasteiger partial charge < -0.3 is 4.74 Å². The molecular formula is C21H19NO5. The Morgan fingerprint density at radius 2 is 1.59 bits per heavy atom. The molecule has 1 saturated heterocycles. The van der Waals surface area contributed by atoms with E-state index in [0.717, 1.165) is 10.5 Å². The lowest BCUT2D eigenvalue weighted by atomic mass is 10.1. The highest BCUT2D eigenvalue weighted by molar-refractivity contribution is 6.20. The maximum atomic E-state index is 12.4. The van der Waals surface area contributed by atoms with Gasteiger partial charge in [-0.1, -0.05) is 35.9 Å². The lowest BCUT2D eigenvalue weighted by molar-refractivity contribution is -0.121. The van der Waals surface area contributed by atoms with Crippen molar-refractivity contribution >= 4 is 29.3 Å². The number of carbonyl (C=O) groups is 4. The van der Waals surface area contributed by atoms with E-state index in [4.69, 9.17) is 4.74 Å². The van der Waals surface area contributed by atoms with E-state index < -0.39 is 12.1 Å². The summed E-state index contributed by atoms with van der Waals surface area (Å²) in [5, 5.41) is 0. The van der Waals surface area contributed by atoms with E-state index in [1.165, 1.54) is 19.1 Å². The van der Waals surface area contributed by atoms with Gasteiger partial charge in [0.1, 0.15) is 0 Å². The number of Topliss-reactive ketones (excluding diaryl/α,β-unsaturated/α-hetero) is 1. The average Bonchev–Trinajstić information content (AvgIpc) is 3.00. The quantitative estimate of drug-likeness (QED) is 0.462. The summed E-state index contributed by atoms with van der Waals surface area (Å²) in [6, 6.07) is 13.1. The molecule has 0 spiro atoms. The topological polar surface area (TPSA) is 80.8 Å². The number of carbonyl (C=O) groups excluding carboxylic acids is 4. The number of nitrogens with zero attached hydrogens (tertiary/aromatic N) is 1. The molecular weight excluding hydrogens is 346 g/mol. The first-order chi connectivity index (χ1) is 12.9. The van der Waals surface area contributed by atoms with Crippen molar-refractivity contribution in [2.75, 3.05) is 4.90 Å². The second kappa shape index (κ2) is 7.53. The second-order valence-corrected chi connectivity index (χ2v) is 6.45. The van der Waals surface area contributed by atoms with Crippen molar-refractivity contribution in [3.8, 4) is 0 Å². The van der Waals surface area contributed by atoms with Crippen molar-refractivity contribution in [1.29, 1.82) is 0 Å². The van der Waals surface area contributed by atoms with Crippen molar-refractivity contribution in [1.82, 2.24) is 0 Å². The van der Waals surface area contributed by atoms with E-state index in [2.05, 4.69) is 0 Å². The summed E-state index contributed by atoms with van der Waals surface area (Å²) in [6.45, 7) is 3.43. The third-order valence-corrected chi connectivity index (χ3v) is 4.38. The fraction of sp³-hybridized carbons (Fsp3) is 0.238. The van der Waals surface area contributed by atoms with Gasteiger partial charge in [0.25, 0.3) is 0 Å². The summed E-state index contributed by atoms with van der Waals surface area (Å²) < 4.78 is 5.28. The number of aryl methyl sites for hydroxylation is 1. The zero-order valence-corrected chi connectivity index (χ0v) is 15.1. The number of ketones is 1. The van der Waals surface area contributed by atoms with Crippen LogP contribution in [-0.4, -0.2) is 29.7 Å². The van der Waals surface area contributed by atoms with Crippen LogP contribution in [0.15, 0.2) is 48.5 Å². The molecule has 0 unspecified atom stereocenters. The first-order valence-corrected chi connectivity index (χ1v) is 8.64. The van der Waals surface area contributed by atoms with Gasteiger partial charge in [-0.3, -0.25) is 19.3 Å². The standard InChI is InChI=1S/C21H19NO5/c1-13-6-8-15(9-7-13)20(25)14(2)27-21(26)16-4-3-5-17(12-16)22-18(23)10-11-19(22)24/h3-9,12,14H,10-11H2,1-2H3/t14-/m1/s1. The van der Waals surface area contributed by atoms with Gasteiger partial charge >= 0.3 is 5.97 Å². The third kappa shape index (κ3) is 3.95. The van der Waals surface area contributed by atoms with Crippen molar-refractivity contribution < 1.29 is 23.9 Å². The molecule has 1 heterocycles. The summed E-state index contributed by atoms with van der Waals surface area (Å²) in [5.74, 6) is -1.59. The molecule has 2 aromatic carbocycles. The minimum atomic E-state index is -0.959. The summed E-state index contributed by atoms with van der Waals surface area (Å²) in [6.07, 6.45) is -0.635. The zero-order valence-electron chi connectivity index (χ0n) is 15.1. The average molecular weight is 365 g/mol. The van der Waals surface area contributed by atoms with Gasteiger partial charge in [0.05, 0.1) is 11.3 Å². The smallest absolute Gasteiger partial charge is 0.338 e. The van der Waals surface area contributed by atoms with Crippen LogP contribution >= 0.6 is 0 Å². The van der Waals surface area contributed by atoms with E-state index >= 15 is 0 Å². The van der Waals surface area contributed by atoms with E-state index in [9.17, 15) is 19.2 Å². The number of esters is 1. The fourth-order valence-corrected chi connectivity index (χ4v) is 2.87. The SMILES string of the molecule is Cc1ccc(C(=O)[C@@H](C)OC(=O)c2cccc(N3C(=O)CCC3=O)c2)cc1. The fourth-order valence-electron chi connectivity index (χ4n) is 2.87. The summed E-state index contributed by atoms with van der Waals surface area (Å²) in [7, 11) is 0. The molecule has 0 N–H and O–H groups in total. The van der Waals surface area contributed by atoms with E-state index in [1.54, 1.807) is 24.3 Å². The maximum Gasteiger partial charge on any atom is 0.338 e. The molecule has 1 atom stereocenters. The third-order valence-electron chi connectivity index (χ3n) is 4.38. The van der Waals surface area contributed by atoms with E-state index in [-0.39, 0.29) is 36.0 Å². The van der Waals surface area contributed by atoms with Gasteiger partial charge in [-0.25, -0.2) is 4.79 Å². The number of ether oxygens (including phenoxy) is 1. The molecule has 1 fully saturated rings. The molecule has 3 rings (SSSR count). The Bertz CT molecular complexity index is 900. The van der Waals surface area contributed by atoms with Gasteiger partial charge in [0.2, 0.25) is 17.6 Å². The molecule has 0 bridgehead atoms. The summed E-state index contributed by atoms with van der Waals surface area (Å²) in [4.78, 5) is 49.6. The predicted octanol–water partition coefficient (Wildman–Crippen LogP) is 3.08. The lowest BCUT2D eigenvalue weighted by Crippen LogP contribution is -2.29. The van der Waals surface area contributed by atoms with Crippen LogP contribution in [0.1, 0.15) is 46.0 Å². The van der Waals surface area contributed by atoms with Gasteiger partial charge in [-0.2, -0.15) is 0 Å². The Hall–Kier alpha value is -3.28. The highest BCUT2D eigenvalue weighted by Gasteiger charge is 2.30. The predicted molar refractivity (Wildman–Crippen MR) is 98.6 cm³/mol. The first kappa shape index (κ1) is 18.5. The maximum absolute atomic E-state index is 12.4. The molecule has 0 aromatic heterocycles. The molecule has 2 amide bonds. The van der Waals surface area contributed by atoms with Crippen LogP contribution in [-0.2, 0) is 14.3 Å².